The summed E-state index contributed by atoms with van der Waals surface area (Å²) in [6, 6.07) is 18.0. The SMILES string of the molecule is CN1CCC(Oc2cccc3ncnc(Nc4ccc(CNc5cccc(F)c5)c(Cl)c4)c23)CC1. The van der Waals surface area contributed by atoms with Crippen LogP contribution in [-0.2, 0) is 6.54 Å². The van der Waals surface area contributed by atoms with Crippen molar-refractivity contribution in [2.75, 3.05) is 30.8 Å². The third-order valence-corrected chi connectivity index (χ3v) is 6.56. The van der Waals surface area contributed by atoms with Gasteiger partial charge in [-0.05, 0) is 67.9 Å². The maximum Gasteiger partial charge on any atom is 0.145 e. The summed E-state index contributed by atoms with van der Waals surface area (Å²) in [6.07, 6.45) is 3.70. The van der Waals surface area contributed by atoms with Gasteiger partial charge in [0.05, 0.1) is 10.9 Å². The summed E-state index contributed by atoms with van der Waals surface area (Å²) < 4.78 is 19.8. The van der Waals surface area contributed by atoms with Gasteiger partial charge in [-0.2, -0.15) is 0 Å². The molecule has 0 saturated carbocycles. The second-order valence-electron chi connectivity index (χ2n) is 8.79. The summed E-state index contributed by atoms with van der Waals surface area (Å²) in [5, 5.41) is 8.03. The van der Waals surface area contributed by atoms with Gasteiger partial charge in [-0.1, -0.05) is 29.8 Å². The van der Waals surface area contributed by atoms with Crippen molar-refractivity contribution >= 4 is 39.7 Å². The molecular weight excluding hydrogens is 465 g/mol. The predicted octanol–water partition coefficient (Wildman–Crippen LogP) is 6.25. The molecule has 0 amide bonds. The highest BCUT2D eigenvalue weighted by molar-refractivity contribution is 6.31. The monoisotopic (exact) mass is 491 g/mol. The number of likely N-dealkylation sites (tertiary alicyclic amines) is 1. The van der Waals surface area contributed by atoms with E-state index in [1.807, 2.05) is 42.5 Å². The highest BCUT2D eigenvalue weighted by atomic mass is 35.5. The van der Waals surface area contributed by atoms with Gasteiger partial charge in [0.2, 0.25) is 0 Å². The number of hydrogen-bond donors (Lipinski definition) is 2. The number of rotatable bonds is 7. The van der Waals surface area contributed by atoms with Crippen molar-refractivity contribution in [3.05, 3.63) is 83.4 Å². The zero-order valence-electron chi connectivity index (χ0n) is 19.5. The Labute approximate surface area is 209 Å². The van der Waals surface area contributed by atoms with Crippen molar-refractivity contribution in [3.8, 4) is 5.75 Å². The van der Waals surface area contributed by atoms with Crippen LogP contribution >= 0.6 is 11.6 Å². The minimum absolute atomic E-state index is 0.171. The number of fused-ring (bicyclic) bond motifs is 1. The van der Waals surface area contributed by atoms with Crippen molar-refractivity contribution in [1.82, 2.24) is 14.9 Å². The number of anilines is 3. The maximum atomic E-state index is 13.4. The van der Waals surface area contributed by atoms with Gasteiger partial charge in [0.15, 0.2) is 0 Å². The van der Waals surface area contributed by atoms with Gasteiger partial charge in [0.25, 0.3) is 0 Å². The zero-order chi connectivity index (χ0) is 24.2. The Morgan fingerprint density at radius 1 is 1.03 bits per heavy atom. The van der Waals surface area contributed by atoms with Crippen LogP contribution in [0.4, 0.5) is 21.6 Å². The quantitative estimate of drug-likeness (QED) is 0.318. The normalized spacial score (nSPS) is 14.7. The van der Waals surface area contributed by atoms with E-state index in [-0.39, 0.29) is 11.9 Å². The molecular formula is C27H27ClFN5O. The molecule has 0 atom stereocenters. The Balaban J connectivity index is 1.34. The summed E-state index contributed by atoms with van der Waals surface area (Å²) >= 11 is 6.57. The van der Waals surface area contributed by atoms with Crippen LogP contribution < -0.4 is 15.4 Å². The molecule has 4 aromatic rings. The Kier molecular flexibility index (Phi) is 6.97. The molecule has 1 aliphatic rings. The molecule has 1 aliphatic heterocycles. The lowest BCUT2D eigenvalue weighted by Gasteiger charge is -2.29. The minimum Gasteiger partial charge on any atom is -0.489 e. The first-order chi connectivity index (χ1) is 17.0. The van der Waals surface area contributed by atoms with Crippen LogP contribution in [0.5, 0.6) is 5.75 Å². The lowest BCUT2D eigenvalue weighted by molar-refractivity contribution is 0.116. The number of hydrogen-bond acceptors (Lipinski definition) is 6. The van der Waals surface area contributed by atoms with E-state index in [0.717, 1.165) is 53.8 Å². The zero-order valence-corrected chi connectivity index (χ0v) is 20.2. The van der Waals surface area contributed by atoms with Gasteiger partial charge in [-0.15, -0.1) is 0 Å². The number of benzene rings is 3. The first-order valence-electron chi connectivity index (χ1n) is 11.7. The summed E-state index contributed by atoms with van der Waals surface area (Å²) in [6.45, 7) is 2.53. The minimum atomic E-state index is -0.281. The molecule has 0 bridgehead atoms. The molecule has 0 unspecified atom stereocenters. The molecule has 1 fully saturated rings. The summed E-state index contributed by atoms with van der Waals surface area (Å²) in [4.78, 5) is 11.3. The summed E-state index contributed by atoms with van der Waals surface area (Å²) in [7, 11) is 2.14. The molecule has 3 aromatic carbocycles. The van der Waals surface area contributed by atoms with E-state index in [4.69, 9.17) is 16.3 Å². The van der Waals surface area contributed by atoms with E-state index in [9.17, 15) is 4.39 Å². The number of halogens is 2. The van der Waals surface area contributed by atoms with Gasteiger partial charge < -0.3 is 20.3 Å². The number of nitrogens with zero attached hydrogens (tertiary/aromatic N) is 3. The van der Waals surface area contributed by atoms with Crippen molar-refractivity contribution in [2.24, 2.45) is 0 Å². The van der Waals surface area contributed by atoms with Crippen LogP contribution in [0.15, 0.2) is 67.0 Å². The molecule has 2 heterocycles. The molecule has 0 radical (unpaired) electrons. The second kappa shape index (κ2) is 10.5. The molecule has 1 saturated heterocycles. The van der Waals surface area contributed by atoms with Gasteiger partial charge in [0, 0.05) is 36.0 Å². The second-order valence-corrected chi connectivity index (χ2v) is 9.20. The van der Waals surface area contributed by atoms with E-state index >= 15 is 0 Å². The fraction of sp³-hybridized carbons (Fsp3) is 0.259. The van der Waals surface area contributed by atoms with Gasteiger partial charge in [-0.3, -0.25) is 0 Å². The number of ether oxygens (including phenoxy) is 1. The standard InChI is InChI=1S/C27H27ClFN5O/c1-34-12-10-22(11-13-34)35-25-7-3-6-24-26(25)27(32-17-31-24)33-21-9-8-18(23(28)15-21)16-30-20-5-2-4-19(29)14-20/h2-9,14-15,17,22,30H,10-13,16H2,1H3,(H,31,32,33). The van der Waals surface area contributed by atoms with Crippen LogP contribution in [0, 0.1) is 5.82 Å². The Morgan fingerprint density at radius 2 is 1.86 bits per heavy atom. The molecule has 180 valence electrons. The number of aromatic nitrogens is 2. The molecule has 0 spiro atoms. The number of nitrogens with one attached hydrogen (secondary N) is 2. The first kappa shape index (κ1) is 23.3. The fourth-order valence-electron chi connectivity index (χ4n) is 4.25. The maximum absolute atomic E-state index is 13.4. The van der Waals surface area contributed by atoms with Gasteiger partial charge >= 0.3 is 0 Å². The average Bonchev–Trinajstić information content (AvgIpc) is 2.85. The van der Waals surface area contributed by atoms with E-state index in [1.54, 1.807) is 12.4 Å². The highest BCUT2D eigenvalue weighted by Crippen LogP contribution is 2.34. The topological polar surface area (TPSA) is 62.3 Å². The lowest BCUT2D eigenvalue weighted by atomic mass is 10.1. The third kappa shape index (κ3) is 5.63. The fourth-order valence-corrected chi connectivity index (χ4v) is 4.50. The molecule has 6 nitrogen and oxygen atoms in total. The van der Waals surface area contributed by atoms with E-state index < -0.39 is 0 Å². The molecule has 1 aromatic heterocycles. The molecule has 2 N–H and O–H groups in total. The Bertz CT molecular complexity index is 1320. The Hall–Kier alpha value is -3.42. The molecule has 35 heavy (non-hydrogen) atoms. The summed E-state index contributed by atoms with van der Waals surface area (Å²) in [5.41, 5.74) is 3.22. The van der Waals surface area contributed by atoms with Crippen LogP contribution in [0.3, 0.4) is 0 Å². The average molecular weight is 492 g/mol. The largest absolute Gasteiger partial charge is 0.489 e. The van der Waals surface area contributed by atoms with E-state index in [2.05, 4.69) is 32.5 Å². The lowest BCUT2D eigenvalue weighted by Crippen LogP contribution is -2.35. The van der Waals surface area contributed by atoms with Crippen LogP contribution in [-0.4, -0.2) is 41.1 Å². The van der Waals surface area contributed by atoms with Crippen molar-refractivity contribution in [1.29, 1.82) is 0 Å². The van der Waals surface area contributed by atoms with Crippen LogP contribution in [0.2, 0.25) is 5.02 Å². The van der Waals surface area contributed by atoms with E-state index in [1.165, 1.54) is 12.1 Å². The van der Waals surface area contributed by atoms with E-state index in [0.29, 0.717) is 23.1 Å². The highest BCUT2D eigenvalue weighted by Gasteiger charge is 2.20. The van der Waals surface area contributed by atoms with Crippen LogP contribution in [0.25, 0.3) is 10.9 Å². The molecule has 5 rings (SSSR count). The molecule has 0 aliphatic carbocycles. The predicted molar refractivity (Wildman–Crippen MR) is 139 cm³/mol. The Morgan fingerprint density at radius 3 is 2.66 bits per heavy atom. The van der Waals surface area contributed by atoms with Gasteiger partial charge in [-0.25, -0.2) is 14.4 Å². The van der Waals surface area contributed by atoms with Crippen molar-refractivity contribution < 1.29 is 9.13 Å². The first-order valence-corrected chi connectivity index (χ1v) is 12.1. The number of piperidine rings is 1. The van der Waals surface area contributed by atoms with Crippen molar-refractivity contribution in [3.63, 3.8) is 0 Å². The smallest absolute Gasteiger partial charge is 0.145 e. The van der Waals surface area contributed by atoms with Crippen LogP contribution in [0.1, 0.15) is 18.4 Å². The van der Waals surface area contributed by atoms with Crippen molar-refractivity contribution in [2.45, 2.75) is 25.5 Å². The van der Waals surface area contributed by atoms with Gasteiger partial charge in [0.1, 0.15) is 29.8 Å². The molecule has 8 heteroatoms. The third-order valence-electron chi connectivity index (χ3n) is 6.21. The summed E-state index contributed by atoms with van der Waals surface area (Å²) in [5.74, 6) is 1.17.